The number of benzene rings is 2. The molecule has 0 aromatic heterocycles. The molecule has 0 aliphatic heterocycles. The Morgan fingerprint density at radius 3 is 2.35 bits per heavy atom. The molecule has 5 heteroatoms. The number of ether oxygens (including phenoxy) is 2. The average Bonchev–Trinajstić information content (AvgIpc) is 2.60. The zero-order valence-electron chi connectivity index (χ0n) is 13.1. The van der Waals surface area contributed by atoms with Crippen LogP contribution in [0, 0.1) is 0 Å². The predicted octanol–water partition coefficient (Wildman–Crippen LogP) is 3.27. The third-order valence-electron chi connectivity index (χ3n) is 3.28. The molecular weight excluding hydrogens is 294 g/mol. The molecule has 120 valence electrons. The van der Waals surface area contributed by atoms with Crippen LogP contribution in [0.4, 0.5) is 5.69 Å². The molecule has 0 radical (unpaired) electrons. The fourth-order valence-electron chi connectivity index (χ4n) is 2.08. The van der Waals surface area contributed by atoms with Gasteiger partial charge in [0.2, 0.25) is 0 Å². The number of para-hydroxylation sites is 2. The summed E-state index contributed by atoms with van der Waals surface area (Å²) in [6, 6.07) is 15.8. The number of carbonyl (C=O) groups excluding carboxylic acids is 2. The highest BCUT2D eigenvalue weighted by Crippen LogP contribution is 2.18. The normalized spacial score (nSPS) is 11.4. The number of rotatable bonds is 6. The molecule has 0 saturated heterocycles. The van der Waals surface area contributed by atoms with Crippen LogP contribution in [0.25, 0.3) is 0 Å². The summed E-state index contributed by atoms with van der Waals surface area (Å²) in [6.07, 6.45) is -0.149. The van der Waals surface area contributed by atoms with E-state index in [1.807, 2.05) is 25.1 Å². The highest BCUT2D eigenvalue weighted by Gasteiger charge is 2.21. The molecule has 0 aliphatic rings. The lowest BCUT2D eigenvalue weighted by molar-refractivity contribution is -0.122. The fraction of sp³-hybridized carbons (Fsp3) is 0.222. The molecule has 0 fully saturated rings. The summed E-state index contributed by atoms with van der Waals surface area (Å²) >= 11 is 0. The van der Waals surface area contributed by atoms with Crippen molar-refractivity contribution in [1.29, 1.82) is 0 Å². The molecule has 1 amide bonds. The fourth-order valence-corrected chi connectivity index (χ4v) is 2.08. The molecule has 2 aromatic rings. The van der Waals surface area contributed by atoms with Gasteiger partial charge >= 0.3 is 5.97 Å². The summed E-state index contributed by atoms with van der Waals surface area (Å²) in [4.78, 5) is 24.2. The van der Waals surface area contributed by atoms with E-state index in [4.69, 9.17) is 9.47 Å². The molecule has 0 unspecified atom stereocenters. The zero-order chi connectivity index (χ0) is 16.7. The number of amides is 1. The Balaban J connectivity index is 2.12. The van der Waals surface area contributed by atoms with Crippen molar-refractivity contribution in [3.05, 3.63) is 60.2 Å². The summed E-state index contributed by atoms with van der Waals surface area (Å²) in [5.74, 6) is -0.193. The molecule has 0 aliphatic carbocycles. The summed E-state index contributed by atoms with van der Waals surface area (Å²) in [5.41, 5.74) is 0.706. The number of esters is 1. The maximum atomic E-state index is 12.4. The van der Waals surface area contributed by atoms with Crippen molar-refractivity contribution in [2.75, 3.05) is 12.4 Å². The van der Waals surface area contributed by atoms with Crippen molar-refractivity contribution in [2.45, 2.75) is 19.4 Å². The molecule has 23 heavy (non-hydrogen) atoms. The smallest absolute Gasteiger partial charge is 0.339 e. The Kier molecular flexibility index (Phi) is 5.74. The molecule has 0 bridgehead atoms. The van der Waals surface area contributed by atoms with Gasteiger partial charge in [-0.05, 0) is 30.7 Å². The molecule has 0 spiro atoms. The number of anilines is 1. The lowest BCUT2D eigenvalue weighted by Crippen LogP contribution is -2.32. The molecule has 2 aromatic carbocycles. The minimum atomic E-state index is -0.650. The van der Waals surface area contributed by atoms with Crippen molar-refractivity contribution >= 4 is 17.6 Å². The van der Waals surface area contributed by atoms with Crippen LogP contribution in [0.2, 0.25) is 0 Å². The van der Waals surface area contributed by atoms with Gasteiger partial charge in [-0.3, -0.25) is 4.79 Å². The maximum absolute atomic E-state index is 12.4. The van der Waals surface area contributed by atoms with Crippen LogP contribution in [0.5, 0.6) is 5.75 Å². The Bertz CT molecular complexity index is 670. The van der Waals surface area contributed by atoms with Crippen LogP contribution in [-0.2, 0) is 9.53 Å². The lowest BCUT2D eigenvalue weighted by atomic mass is 10.1. The highest BCUT2D eigenvalue weighted by atomic mass is 16.5. The minimum Gasteiger partial charge on any atom is -0.481 e. The van der Waals surface area contributed by atoms with Crippen molar-refractivity contribution in [3.8, 4) is 5.75 Å². The Labute approximate surface area is 135 Å². The van der Waals surface area contributed by atoms with Crippen molar-refractivity contribution in [1.82, 2.24) is 0 Å². The Morgan fingerprint density at radius 2 is 1.70 bits per heavy atom. The number of nitrogens with one attached hydrogen (secondary N) is 1. The van der Waals surface area contributed by atoms with Gasteiger partial charge in [0, 0.05) is 0 Å². The van der Waals surface area contributed by atoms with Gasteiger partial charge in [-0.1, -0.05) is 37.3 Å². The topological polar surface area (TPSA) is 64.6 Å². The van der Waals surface area contributed by atoms with Gasteiger partial charge in [0.05, 0.1) is 18.4 Å². The van der Waals surface area contributed by atoms with Gasteiger partial charge in [0.15, 0.2) is 6.10 Å². The molecule has 5 nitrogen and oxygen atoms in total. The second kappa shape index (κ2) is 7.98. The SMILES string of the molecule is CC[C@@H](Oc1ccccc1)C(=O)Nc1ccccc1C(=O)OC. The molecule has 1 atom stereocenters. The predicted molar refractivity (Wildman–Crippen MR) is 87.6 cm³/mol. The first kappa shape index (κ1) is 16.5. The van der Waals surface area contributed by atoms with Crippen molar-refractivity contribution < 1.29 is 19.1 Å². The third-order valence-corrected chi connectivity index (χ3v) is 3.28. The van der Waals surface area contributed by atoms with E-state index in [-0.39, 0.29) is 5.91 Å². The number of hydrogen-bond acceptors (Lipinski definition) is 4. The standard InChI is InChI=1S/C18H19NO4/c1-3-16(23-13-9-5-4-6-10-13)17(20)19-15-12-8-7-11-14(15)18(21)22-2/h4-12,16H,3H2,1-2H3,(H,19,20)/t16-/m1/s1. The van der Waals surface area contributed by atoms with Crippen molar-refractivity contribution in [3.63, 3.8) is 0 Å². The number of carbonyl (C=O) groups is 2. The monoisotopic (exact) mass is 313 g/mol. The molecule has 0 heterocycles. The van der Waals surface area contributed by atoms with Crippen LogP contribution in [-0.4, -0.2) is 25.1 Å². The van der Waals surface area contributed by atoms with E-state index in [0.717, 1.165) is 0 Å². The van der Waals surface area contributed by atoms with E-state index in [9.17, 15) is 9.59 Å². The van der Waals surface area contributed by atoms with E-state index in [1.54, 1.807) is 36.4 Å². The summed E-state index contributed by atoms with van der Waals surface area (Å²) in [6.45, 7) is 1.86. The largest absolute Gasteiger partial charge is 0.481 e. The van der Waals surface area contributed by atoms with Gasteiger partial charge in [-0.15, -0.1) is 0 Å². The van der Waals surface area contributed by atoms with Crippen LogP contribution < -0.4 is 10.1 Å². The first-order chi connectivity index (χ1) is 11.2. The Morgan fingerprint density at radius 1 is 1.04 bits per heavy atom. The zero-order valence-corrected chi connectivity index (χ0v) is 13.1. The van der Waals surface area contributed by atoms with Gasteiger partial charge in [0.1, 0.15) is 5.75 Å². The second-order valence-electron chi connectivity index (χ2n) is 4.85. The second-order valence-corrected chi connectivity index (χ2v) is 4.85. The first-order valence-corrected chi connectivity index (χ1v) is 7.35. The lowest BCUT2D eigenvalue weighted by Gasteiger charge is -2.18. The summed E-state index contributed by atoms with van der Waals surface area (Å²) in [5, 5.41) is 2.73. The highest BCUT2D eigenvalue weighted by molar-refractivity contribution is 6.02. The van der Waals surface area contributed by atoms with E-state index in [1.165, 1.54) is 7.11 Å². The van der Waals surface area contributed by atoms with Gasteiger partial charge in [0.25, 0.3) is 5.91 Å². The molecule has 2 rings (SSSR count). The third kappa shape index (κ3) is 4.32. The maximum Gasteiger partial charge on any atom is 0.339 e. The molecular formula is C18H19NO4. The van der Waals surface area contributed by atoms with Gasteiger partial charge in [-0.2, -0.15) is 0 Å². The summed E-state index contributed by atoms with van der Waals surface area (Å²) < 4.78 is 10.4. The number of methoxy groups -OCH3 is 1. The van der Waals surface area contributed by atoms with Gasteiger partial charge < -0.3 is 14.8 Å². The van der Waals surface area contributed by atoms with E-state index < -0.39 is 12.1 Å². The minimum absolute atomic E-state index is 0.304. The van der Waals surface area contributed by atoms with E-state index in [0.29, 0.717) is 23.4 Å². The van der Waals surface area contributed by atoms with Crippen LogP contribution >= 0.6 is 0 Å². The van der Waals surface area contributed by atoms with Crippen LogP contribution in [0.1, 0.15) is 23.7 Å². The Hall–Kier alpha value is -2.82. The van der Waals surface area contributed by atoms with Gasteiger partial charge in [-0.25, -0.2) is 4.79 Å². The van der Waals surface area contributed by atoms with E-state index >= 15 is 0 Å². The van der Waals surface area contributed by atoms with Crippen molar-refractivity contribution in [2.24, 2.45) is 0 Å². The molecule has 1 N–H and O–H groups in total. The van der Waals surface area contributed by atoms with Crippen LogP contribution in [0.3, 0.4) is 0 Å². The van der Waals surface area contributed by atoms with Crippen LogP contribution in [0.15, 0.2) is 54.6 Å². The van der Waals surface area contributed by atoms with E-state index in [2.05, 4.69) is 5.32 Å². The summed E-state index contributed by atoms with van der Waals surface area (Å²) in [7, 11) is 1.30. The first-order valence-electron chi connectivity index (χ1n) is 7.35. The average molecular weight is 313 g/mol. The quantitative estimate of drug-likeness (QED) is 0.831. The number of hydrogen-bond donors (Lipinski definition) is 1. The molecule has 0 saturated carbocycles.